The third-order valence-corrected chi connectivity index (χ3v) is 6.08. The number of likely N-dealkylation sites (tertiary alicyclic amines) is 2. The molecule has 2 heterocycles. The van der Waals surface area contributed by atoms with Crippen molar-refractivity contribution in [3.8, 4) is 11.1 Å². The molecular formula is C23H26N2O3. The molecule has 2 fully saturated rings. The SMILES string of the molecule is O=C(c1ccccc1-c1ccccc1)N1CCC2(CCCN(CCO)C2=O)C1. The summed E-state index contributed by atoms with van der Waals surface area (Å²) >= 11 is 0. The Morgan fingerprint density at radius 3 is 2.54 bits per heavy atom. The van der Waals surface area contributed by atoms with Crippen LogP contribution < -0.4 is 0 Å². The molecule has 146 valence electrons. The van der Waals surface area contributed by atoms with Crippen molar-refractivity contribution in [3.63, 3.8) is 0 Å². The van der Waals surface area contributed by atoms with Crippen LogP contribution in [0.1, 0.15) is 29.6 Å². The lowest BCUT2D eigenvalue weighted by molar-refractivity contribution is -0.146. The predicted molar refractivity (Wildman–Crippen MR) is 108 cm³/mol. The zero-order valence-corrected chi connectivity index (χ0v) is 16.0. The fraction of sp³-hybridized carbons (Fsp3) is 0.391. The number of carbonyl (C=O) groups excluding carboxylic acids is 2. The zero-order valence-electron chi connectivity index (χ0n) is 16.0. The number of benzene rings is 2. The monoisotopic (exact) mass is 378 g/mol. The minimum Gasteiger partial charge on any atom is -0.395 e. The molecule has 0 aliphatic carbocycles. The summed E-state index contributed by atoms with van der Waals surface area (Å²) in [5.74, 6) is 0.0860. The average molecular weight is 378 g/mol. The zero-order chi connectivity index (χ0) is 19.6. The van der Waals surface area contributed by atoms with Gasteiger partial charge < -0.3 is 14.9 Å². The first-order valence-corrected chi connectivity index (χ1v) is 9.99. The van der Waals surface area contributed by atoms with Crippen LogP contribution in [0.2, 0.25) is 0 Å². The number of carbonyl (C=O) groups is 2. The molecule has 0 aromatic heterocycles. The Kier molecular flexibility index (Phi) is 5.18. The molecule has 2 aliphatic heterocycles. The Labute approximate surface area is 165 Å². The highest BCUT2D eigenvalue weighted by molar-refractivity contribution is 6.01. The van der Waals surface area contributed by atoms with Gasteiger partial charge in [-0.05, 0) is 36.5 Å². The van der Waals surface area contributed by atoms with Gasteiger partial charge in [-0.3, -0.25) is 9.59 Å². The number of aliphatic hydroxyl groups is 1. The summed E-state index contributed by atoms with van der Waals surface area (Å²) in [7, 11) is 0. The van der Waals surface area contributed by atoms with Gasteiger partial charge in [-0.1, -0.05) is 48.5 Å². The average Bonchev–Trinajstić information content (AvgIpc) is 3.17. The van der Waals surface area contributed by atoms with Crippen LogP contribution in [0.3, 0.4) is 0 Å². The Bertz CT molecular complexity index is 865. The van der Waals surface area contributed by atoms with Gasteiger partial charge in [-0.15, -0.1) is 0 Å². The van der Waals surface area contributed by atoms with Crippen molar-refractivity contribution in [3.05, 3.63) is 60.2 Å². The number of hydrogen-bond donors (Lipinski definition) is 1. The van der Waals surface area contributed by atoms with Crippen molar-refractivity contribution in [1.29, 1.82) is 0 Å². The van der Waals surface area contributed by atoms with Crippen LogP contribution in [0.15, 0.2) is 54.6 Å². The van der Waals surface area contributed by atoms with Crippen molar-refractivity contribution >= 4 is 11.8 Å². The number of aliphatic hydroxyl groups excluding tert-OH is 1. The van der Waals surface area contributed by atoms with Crippen molar-refractivity contribution in [2.45, 2.75) is 19.3 Å². The maximum absolute atomic E-state index is 13.3. The van der Waals surface area contributed by atoms with Gasteiger partial charge in [0.15, 0.2) is 0 Å². The van der Waals surface area contributed by atoms with Gasteiger partial charge in [0.2, 0.25) is 5.91 Å². The molecule has 1 spiro atoms. The number of piperidine rings is 1. The highest BCUT2D eigenvalue weighted by atomic mass is 16.3. The van der Waals surface area contributed by atoms with Gasteiger partial charge in [0.25, 0.3) is 5.91 Å². The van der Waals surface area contributed by atoms with E-state index in [9.17, 15) is 14.7 Å². The van der Waals surface area contributed by atoms with Gasteiger partial charge in [0.1, 0.15) is 0 Å². The minimum atomic E-state index is -0.481. The Morgan fingerprint density at radius 2 is 1.75 bits per heavy atom. The summed E-state index contributed by atoms with van der Waals surface area (Å²) in [6.07, 6.45) is 2.44. The lowest BCUT2D eigenvalue weighted by atomic mass is 9.78. The van der Waals surface area contributed by atoms with E-state index >= 15 is 0 Å². The first kappa shape index (κ1) is 18.7. The lowest BCUT2D eigenvalue weighted by Gasteiger charge is -2.39. The van der Waals surface area contributed by atoms with Crippen LogP contribution in [-0.2, 0) is 4.79 Å². The highest BCUT2D eigenvalue weighted by Gasteiger charge is 2.49. The van der Waals surface area contributed by atoms with Crippen LogP contribution in [0.25, 0.3) is 11.1 Å². The highest BCUT2D eigenvalue weighted by Crippen LogP contribution is 2.41. The van der Waals surface area contributed by atoms with E-state index in [1.807, 2.05) is 59.5 Å². The van der Waals surface area contributed by atoms with E-state index in [4.69, 9.17) is 0 Å². The summed E-state index contributed by atoms with van der Waals surface area (Å²) in [5, 5.41) is 9.24. The van der Waals surface area contributed by atoms with Crippen molar-refractivity contribution in [2.75, 3.05) is 32.8 Å². The van der Waals surface area contributed by atoms with Crippen LogP contribution in [0.4, 0.5) is 0 Å². The number of amides is 2. The van der Waals surface area contributed by atoms with E-state index in [1.54, 1.807) is 4.90 Å². The van der Waals surface area contributed by atoms with Crippen LogP contribution in [0.5, 0.6) is 0 Å². The third-order valence-electron chi connectivity index (χ3n) is 6.08. The molecule has 1 atom stereocenters. The molecule has 2 saturated heterocycles. The molecule has 0 saturated carbocycles. The standard InChI is InChI=1S/C23H26N2O3/c26-16-15-24-13-6-11-23(22(24)28)12-14-25(17-23)21(27)20-10-5-4-9-19(20)18-7-2-1-3-8-18/h1-5,7-10,26H,6,11-17H2. The first-order chi connectivity index (χ1) is 13.6. The van der Waals surface area contributed by atoms with Gasteiger partial charge in [-0.25, -0.2) is 0 Å². The Balaban J connectivity index is 1.57. The van der Waals surface area contributed by atoms with Gasteiger partial charge in [0.05, 0.1) is 12.0 Å². The molecule has 2 aliphatic rings. The number of β-amino-alcohol motifs (C(OH)–C–C–N with tert-alkyl or cyclic N) is 1. The molecule has 1 unspecified atom stereocenters. The molecule has 4 rings (SSSR count). The second-order valence-electron chi connectivity index (χ2n) is 7.79. The number of nitrogens with zero attached hydrogens (tertiary/aromatic N) is 2. The molecule has 28 heavy (non-hydrogen) atoms. The molecule has 0 radical (unpaired) electrons. The first-order valence-electron chi connectivity index (χ1n) is 9.99. The Hall–Kier alpha value is -2.66. The normalized spacial score (nSPS) is 22.1. The van der Waals surface area contributed by atoms with Crippen molar-refractivity contribution < 1.29 is 14.7 Å². The van der Waals surface area contributed by atoms with E-state index < -0.39 is 5.41 Å². The number of rotatable bonds is 4. The van der Waals surface area contributed by atoms with Crippen LogP contribution >= 0.6 is 0 Å². The van der Waals surface area contributed by atoms with E-state index in [-0.39, 0.29) is 18.4 Å². The summed E-state index contributed by atoms with van der Waals surface area (Å²) in [6, 6.07) is 17.6. The minimum absolute atomic E-state index is 0.0107. The van der Waals surface area contributed by atoms with E-state index in [1.165, 1.54) is 0 Å². The molecular weight excluding hydrogens is 352 g/mol. The lowest BCUT2D eigenvalue weighted by Crippen LogP contribution is -2.51. The van der Waals surface area contributed by atoms with E-state index in [0.29, 0.717) is 38.2 Å². The predicted octanol–water partition coefficient (Wildman–Crippen LogP) is 2.80. The molecule has 2 aromatic carbocycles. The second kappa shape index (κ2) is 7.76. The molecule has 2 aromatic rings. The summed E-state index contributed by atoms with van der Waals surface area (Å²) in [4.78, 5) is 29.9. The van der Waals surface area contributed by atoms with E-state index in [2.05, 4.69) is 0 Å². The maximum atomic E-state index is 13.3. The molecule has 5 heteroatoms. The summed E-state index contributed by atoms with van der Waals surface area (Å²) in [5.41, 5.74) is 2.14. The molecule has 2 amide bonds. The largest absolute Gasteiger partial charge is 0.395 e. The molecule has 5 nitrogen and oxygen atoms in total. The number of hydrogen-bond acceptors (Lipinski definition) is 3. The molecule has 1 N–H and O–H groups in total. The molecule has 0 bridgehead atoms. The Morgan fingerprint density at radius 1 is 1.00 bits per heavy atom. The van der Waals surface area contributed by atoms with Gasteiger partial charge >= 0.3 is 0 Å². The third kappa shape index (κ3) is 3.31. The fourth-order valence-electron chi connectivity index (χ4n) is 4.62. The summed E-state index contributed by atoms with van der Waals surface area (Å²) in [6.45, 7) is 2.13. The fourth-order valence-corrected chi connectivity index (χ4v) is 4.62. The maximum Gasteiger partial charge on any atom is 0.254 e. The quantitative estimate of drug-likeness (QED) is 0.890. The summed E-state index contributed by atoms with van der Waals surface area (Å²) < 4.78 is 0. The van der Waals surface area contributed by atoms with Crippen molar-refractivity contribution in [1.82, 2.24) is 9.80 Å². The van der Waals surface area contributed by atoms with Crippen molar-refractivity contribution in [2.24, 2.45) is 5.41 Å². The van der Waals surface area contributed by atoms with Gasteiger partial charge in [0, 0.05) is 31.7 Å². The van der Waals surface area contributed by atoms with Crippen LogP contribution in [0, 0.1) is 5.41 Å². The van der Waals surface area contributed by atoms with Crippen LogP contribution in [-0.4, -0.2) is 59.5 Å². The van der Waals surface area contributed by atoms with E-state index in [0.717, 1.165) is 24.0 Å². The topological polar surface area (TPSA) is 60.9 Å². The second-order valence-corrected chi connectivity index (χ2v) is 7.79. The smallest absolute Gasteiger partial charge is 0.254 e. The van der Waals surface area contributed by atoms with Gasteiger partial charge in [-0.2, -0.15) is 0 Å².